The predicted molar refractivity (Wildman–Crippen MR) is 107 cm³/mol. The highest BCUT2D eigenvalue weighted by Crippen LogP contribution is 2.42. The maximum Gasteiger partial charge on any atom is 0.123 e. The molecule has 1 aliphatic rings. The van der Waals surface area contributed by atoms with Crippen LogP contribution in [0.3, 0.4) is 0 Å². The molecule has 1 fully saturated rings. The zero-order valence-electron chi connectivity index (χ0n) is 17.2. The summed E-state index contributed by atoms with van der Waals surface area (Å²) < 4.78 is 5.54. The van der Waals surface area contributed by atoms with E-state index in [0.29, 0.717) is 5.92 Å². The minimum absolute atomic E-state index is 0.119. The normalized spacial score (nSPS) is 23.2. The smallest absolute Gasteiger partial charge is 0.123 e. The van der Waals surface area contributed by atoms with Crippen molar-refractivity contribution in [1.29, 1.82) is 5.26 Å². The van der Waals surface area contributed by atoms with Gasteiger partial charge in [-0.3, -0.25) is 0 Å². The summed E-state index contributed by atoms with van der Waals surface area (Å²) in [6.45, 7) is 8.48. The summed E-state index contributed by atoms with van der Waals surface area (Å²) in [6.07, 6.45) is 7.55. The van der Waals surface area contributed by atoms with Gasteiger partial charge in [0.2, 0.25) is 0 Å². The average molecular weight is 358 g/mol. The summed E-state index contributed by atoms with van der Waals surface area (Å²) in [7, 11) is 1.71. The molecule has 0 N–H and O–H groups in total. The van der Waals surface area contributed by atoms with Gasteiger partial charge in [-0.2, -0.15) is 5.26 Å². The Morgan fingerprint density at radius 2 is 2.00 bits per heavy atom. The molecule has 1 saturated carbocycles. The quantitative estimate of drug-likeness (QED) is 0.575. The molecule has 3 heteroatoms. The average Bonchev–Trinajstić information content (AvgIpc) is 2.69. The van der Waals surface area contributed by atoms with Gasteiger partial charge in [0.1, 0.15) is 12.0 Å². The van der Waals surface area contributed by atoms with Crippen LogP contribution in [0.15, 0.2) is 18.2 Å². The van der Waals surface area contributed by atoms with Crippen molar-refractivity contribution in [2.75, 3.05) is 7.11 Å². The summed E-state index contributed by atoms with van der Waals surface area (Å²) in [5.74, 6) is 1.63. The molecule has 1 unspecified atom stereocenters. The molecule has 0 heterocycles. The molecule has 0 radical (unpaired) electrons. The first kappa shape index (κ1) is 22.2. The van der Waals surface area contributed by atoms with Crippen LogP contribution in [0.1, 0.15) is 77.3 Å². The number of carbonyl (C=O) groups excluding carboxylic acids is 1. The molecule has 2 rings (SSSR count). The van der Waals surface area contributed by atoms with Crippen LogP contribution in [0.5, 0.6) is 5.75 Å². The topological polar surface area (TPSA) is 50.1 Å². The van der Waals surface area contributed by atoms with Crippen LogP contribution in [0, 0.1) is 23.2 Å². The Labute approximate surface area is 159 Å². The van der Waals surface area contributed by atoms with Crippen molar-refractivity contribution in [1.82, 2.24) is 0 Å². The lowest BCUT2D eigenvalue weighted by Crippen LogP contribution is -2.31. The summed E-state index contributed by atoms with van der Waals surface area (Å²) in [5.41, 5.74) is 1.84. The number of nitrogens with zero attached hydrogens (tertiary/aromatic N) is 1. The summed E-state index contributed by atoms with van der Waals surface area (Å²) in [5, 5.41) is 9.87. The summed E-state index contributed by atoms with van der Waals surface area (Å²) >= 11 is 0. The lowest BCUT2D eigenvalue weighted by atomic mass is 9.67. The standard InChI is InChI=1S/C21H29NO2.C2H6/c1-4-5-16(2)12-18-13-19(6-7-20(18)24-3)21(15-22)10-8-17(14-23)9-11-21;1-2/h6-7,13-14,16-17H,4-5,8-12H2,1-3H3;1-2H3. The van der Waals surface area contributed by atoms with Crippen molar-refractivity contribution < 1.29 is 9.53 Å². The molecule has 0 aromatic heterocycles. The van der Waals surface area contributed by atoms with Crippen molar-refractivity contribution >= 4 is 6.29 Å². The van der Waals surface area contributed by atoms with Gasteiger partial charge in [0.15, 0.2) is 0 Å². The number of hydrogen-bond acceptors (Lipinski definition) is 3. The maximum atomic E-state index is 11.0. The molecular formula is C23H35NO2. The number of ether oxygens (including phenoxy) is 1. The van der Waals surface area contributed by atoms with Crippen molar-refractivity contribution in [3.63, 3.8) is 0 Å². The lowest BCUT2D eigenvalue weighted by Gasteiger charge is -2.34. The van der Waals surface area contributed by atoms with E-state index in [1.54, 1.807) is 7.11 Å². The van der Waals surface area contributed by atoms with Crippen LogP contribution in [-0.4, -0.2) is 13.4 Å². The highest BCUT2D eigenvalue weighted by atomic mass is 16.5. The Kier molecular flexibility index (Phi) is 9.41. The first-order valence-corrected chi connectivity index (χ1v) is 10.1. The molecule has 0 spiro atoms. The molecular weight excluding hydrogens is 322 g/mol. The van der Waals surface area contributed by atoms with Gasteiger partial charge in [0.05, 0.1) is 18.6 Å². The zero-order valence-corrected chi connectivity index (χ0v) is 17.2. The summed E-state index contributed by atoms with van der Waals surface area (Å²) in [4.78, 5) is 11.0. The number of carbonyl (C=O) groups is 1. The van der Waals surface area contributed by atoms with Crippen LogP contribution in [-0.2, 0) is 16.6 Å². The van der Waals surface area contributed by atoms with Gasteiger partial charge in [0.25, 0.3) is 0 Å². The molecule has 1 aliphatic carbocycles. The highest BCUT2D eigenvalue weighted by molar-refractivity contribution is 5.54. The van der Waals surface area contributed by atoms with E-state index in [1.807, 2.05) is 26.0 Å². The fraction of sp³-hybridized carbons (Fsp3) is 0.652. The van der Waals surface area contributed by atoms with E-state index in [2.05, 4.69) is 26.0 Å². The van der Waals surface area contributed by atoms with E-state index in [9.17, 15) is 10.1 Å². The third-order valence-electron chi connectivity index (χ3n) is 5.47. The minimum Gasteiger partial charge on any atom is -0.496 e. The lowest BCUT2D eigenvalue weighted by molar-refractivity contribution is -0.112. The van der Waals surface area contributed by atoms with E-state index in [1.165, 1.54) is 18.4 Å². The minimum atomic E-state index is -0.450. The van der Waals surface area contributed by atoms with Crippen molar-refractivity contribution in [3.05, 3.63) is 29.3 Å². The first-order valence-electron chi connectivity index (χ1n) is 10.1. The number of rotatable bonds is 7. The second-order valence-electron chi connectivity index (χ2n) is 7.29. The van der Waals surface area contributed by atoms with Crippen LogP contribution in [0.25, 0.3) is 0 Å². The van der Waals surface area contributed by atoms with Crippen LogP contribution < -0.4 is 4.74 Å². The number of nitriles is 1. The second kappa shape index (κ2) is 11.0. The Morgan fingerprint density at radius 3 is 2.50 bits per heavy atom. The molecule has 0 amide bonds. The van der Waals surface area contributed by atoms with Gasteiger partial charge < -0.3 is 9.53 Å². The molecule has 1 atom stereocenters. The van der Waals surface area contributed by atoms with E-state index in [4.69, 9.17) is 4.74 Å². The van der Waals surface area contributed by atoms with E-state index < -0.39 is 5.41 Å². The van der Waals surface area contributed by atoms with Gasteiger partial charge in [0, 0.05) is 5.92 Å². The Morgan fingerprint density at radius 1 is 1.35 bits per heavy atom. The number of methoxy groups -OCH3 is 1. The van der Waals surface area contributed by atoms with Gasteiger partial charge in [-0.15, -0.1) is 0 Å². The van der Waals surface area contributed by atoms with Crippen LogP contribution >= 0.6 is 0 Å². The van der Waals surface area contributed by atoms with Crippen LogP contribution in [0.4, 0.5) is 0 Å². The SMILES string of the molecule is CC.CCCC(C)Cc1cc(C2(C#N)CCC(C=O)CC2)ccc1OC. The molecule has 0 bridgehead atoms. The Bertz CT molecular complexity index is 595. The van der Waals surface area contributed by atoms with Gasteiger partial charge in [-0.05, 0) is 55.2 Å². The van der Waals surface area contributed by atoms with Crippen molar-refractivity contribution in [3.8, 4) is 11.8 Å². The largest absolute Gasteiger partial charge is 0.496 e. The number of aldehydes is 1. The van der Waals surface area contributed by atoms with E-state index in [0.717, 1.165) is 49.7 Å². The molecule has 3 nitrogen and oxygen atoms in total. The number of hydrogen-bond donors (Lipinski definition) is 0. The second-order valence-corrected chi connectivity index (χ2v) is 7.29. The van der Waals surface area contributed by atoms with Gasteiger partial charge in [-0.25, -0.2) is 0 Å². The molecule has 1 aromatic rings. The van der Waals surface area contributed by atoms with Gasteiger partial charge >= 0.3 is 0 Å². The summed E-state index contributed by atoms with van der Waals surface area (Å²) in [6, 6.07) is 8.79. The van der Waals surface area contributed by atoms with E-state index >= 15 is 0 Å². The van der Waals surface area contributed by atoms with Crippen LogP contribution in [0.2, 0.25) is 0 Å². The predicted octanol–water partition coefficient (Wildman–Crippen LogP) is 5.85. The first-order chi connectivity index (χ1) is 12.6. The molecule has 26 heavy (non-hydrogen) atoms. The zero-order chi connectivity index (χ0) is 19.6. The monoisotopic (exact) mass is 357 g/mol. The molecule has 1 aromatic carbocycles. The number of benzene rings is 1. The molecule has 0 saturated heterocycles. The maximum absolute atomic E-state index is 11.0. The van der Waals surface area contributed by atoms with Crippen molar-refractivity contribution in [2.45, 2.75) is 78.1 Å². The third kappa shape index (κ3) is 5.34. The van der Waals surface area contributed by atoms with E-state index in [-0.39, 0.29) is 5.92 Å². The van der Waals surface area contributed by atoms with Gasteiger partial charge in [-0.1, -0.05) is 52.7 Å². The van der Waals surface area contributed by atoms with Crippen molar-refractivity contribution in [2.24, 2.45) is 11.8 Å². The molecule has 144 valence electrons. The Hall–Kier alpha value is -1.82. The fourth-order valence-electron chi connectivity index (χ4n) is 3.94. The highest BCUT2D eigenvalue weighted by Gasteiger charge is 2.37. The molecule has 0 aliphatic heterocycles. The third-order valence-corrected chi connectivity index (χ3v) is 5.47. The fourth-order valence-corrected chi connectivity index (χ4v) is 3.94. The Balaban J connectivity index is 0.00000163.